The molecule has 24 heavy (non-hydrogen) atoms. The van der Waals surface area contributed by atoms with Crippen molar-refractivity contribution in [1.29, 1.82) is 0 Å². The van der Waals surface area contributed by atoms with Crippen LogP contribution in [0.4, 0.5) is 5.69 Å². The van der Waals surface area contributed by atoms with Crippen LogP contribution in [0.15, 0.2) is 24.5 Å². The number of imidazole rings is 1. The molecule has 0 atom stereocenters. The standard InChI is InChI=1S/C18H24N4O2/c1-12-10-15(24-14-6-8-22(3)9-7-14)4-5-16(12)21-18(23)17-13(2)19-11-20-17/h4-5,10-11,14H,6-9H2,1-3H3,(H,19,20)(H,21,23). The molecule has 1 saturated heterocycles. The van der Waals surface area contributed by atoms with E-state index in [1.54, 1.807) is 0 Å². The first kappa shape index (κ1) is 16.5. The van der Waals surface area contributed by atoms with E-state index in [4.69, 9.17) is 4.74 Å². The summed E-state index contributed by atoms with van der Waals surface area (Å²) in [6, 6.07) is 5.78. The Morgan fingerprint density at radius 3 is 2.71 bits per heavy atom. The number of ether oxygens (including phenoxy) is 1. The van der Waals surface area contributed by atoms with E-state index in [2.05, 4.69) is 27.2 Å². The SMILES string of the molecule is Cc1cc(OC2CCN(C)CC2)ccc1NC(=O)c1nc[nH]c1C. The zero-order valence-corrected chi connectivity index (χ0v) is 14.4. The number of likely N-dealkylation sites (tertiary alicyclic amines) is 1. The third-order valence-corrected chi connectivity index (χ3v) is 4.46. The predicted octanol–water partition coefficient (Wildman–Crippen LogP) is 2.75. The van der Waals surface area contributed by atoms with E-state index >= 15 is 0 Å². The first-order valence-corrected chi connectivity index (χ1v) is 8.30. The number of carbonyl (C=O) groups excluding carboxylic acids is 1. The number of piperidine rings is 1. The molecule has 1 aromatic heterocycles. The Balaban J connectivity index is 1.64. The van der Waals surface area contributed by atoms with Gasteiger partial charge in [-0.05, 0) is 57.5 Å². The molecule has 2 aromatic rings. The van der Waals surface area contributed by atoms with Crippen molar-refractivity contribution in [2.75, 3.05) is 25.5 Å². The van der Waals surface area contributed by atoms with Gasteiger partial charge in [0.2, 0.25) is 0 Å². The fourth-order valence-corrected chi connectivity index (χ4v) is 2.91. The number of nitrogens with zero attached hydrogens (tertiary/aromatic N) is 2. The molecule has 0 bridgehead atoms. The molecule has 1 aliphatic heterocycles. The van der Waals surface area contributed by atoms with E-state index in [-0.39, 0.29) is 12.0 Å². The molecular weight excluding hydrogens is 304 g/mol. The number of rotatable bonds is 4. The summed E-state index contributed by atoms with van der Waals surface area (Å²) in [7, 11) is 2.14. The topological polar surface area (TPSA) is 70.2 Å². The highest BCUT2D eigenvalue weighted by Crippen LogP contribution is 2.24. The summed E-state index contributed by atoms with van der Waals surface area (Å²) in [5, 5.41) is 2.91. The van der Waals surface area contributed by atoms with Crippen molar-refractivity contribution in [2.24, 2.45) is 0 Å². The second kappa shape index (κ2) is 7.05. The van der Waals surface area contributed by atoms with Crippen LogP contribution in [0.1, 0.15) is 34.6 Å². The predicted molar refractivity (Wildman–Crippen MR) is 93.6 cm³/mol. The smallest absolute Gasteiger partial charge is 0.276 e. The number of aromatic nitrogens is 2. The number of aromatic amines is 1. The molecule has 2 heterocycles. The molecule has 1 aliphatic rings. The van der Waals surface area contributed by atoms with Crippen molar-refractivity contribution < 1.29 is 9.53 Å². The molecule has 3 rings (SSSR count). The number of anilines is 1. The number of H-pyrrole nitrogens is 1. The summed E-state index contributed by atoms with van der Waals surface area (Å²) < 4.78 is 6.08. The highest BCUT2D eigenvalue weighted by Gasteiger charge is 2.18. The largest absolute Gasteiger partial charge is 0.490 e. The van der Waals surface area contributed by atoms with Crippen LogP contribution < -0.4 is 10.1 Å². The van der Waals surface area contributed by atoms with Gasteiger partial charge in [0.05, 0.1) is 6.33 Å². The van der Waals surface area contributed by atoms with Gasteiger partial charge in [0, 0.05) is 24.5 Å². The van der Waals surface area contributed by atoms with E-state index in [0.717, 1.165) is 48.6 Å². The number of carbonyl (C=O) groups is 1. The van der Waals surface area contributed by atoms with Gasteiger partial charge in [0.1, 0.15) is 17.5 Å². The zero-order chi connectivity index (χ0) is 17.1. The summed E-state index contributed by atoms with van der Waals surface area (Å²) >= 11 is 0. The Morgan fingerprint density at radius 1 is 1.33 bits per heavy atom. The minimum atomic E-state index is -0.208. The van der Waals surface area contributed by atoms with Crippen LogP contribution >= 0.6 is 0 Å². The number of hydrogen-bond acceptors (Lipinski definition) is 4. The third kappa shape index (κ3) is 3.76. The number of aryl methyl sites for hydroxylation is 2. The van der Waals surface area contributed by atoms with E-state index < -0.39 is 0 Å². The van der Waals surface area contributed by atoms with Gasteiger partial charge in [-0.3, -0.25) is 4.79 Å². The second-order valence-corrected chi connectivity index (χ2v) is 6.43. The van der Waals surface area contributed by atoms with Gasteiger partial charge in [-0.25, -0.2) is 4.98 Å². The molecule has 0 unspecified atom stereocenters. The van der Waals surface area contributed by atoms with E-state index in [9.17, 15) is 4.79 Å². The Labute approximate surface area is 142 Å². The average molecular weight is 328 g/mol. The van der Waals surface area contributed by atoms with Crippen molar-refractivity contribution in [2.45, 2.75) is 32.8 Å². The molecule has 0 saturated carbocycles. The fraction of sp³-hybridized carbons (Fsp3) is 0.444. The van der Waals surface area contributed by atoms with Gasteiger partial charge in [0.15, 0.2) is 0 Å². The van der Waals surface area contributed by atoms with Crippen molar-refractivity contribution in [3.8, 4) is 5.75 Å². The van der Waals surface area contributed by atoms with E-state index in [1.807, 2.05) is 32.0 Å². The molecular formula is C18H24N4O2. The lowest BCUT2D eigenvalue weighted by molar-refractivity contribution is 0.102. The highest BCUT2D eigenvalue weighted by atomic mass is 16.5. The van der Waals surface area contributed by atoms with Crippen LogP contribution in [0.3, 0.4) is 0 Å². The molecule has 0 radical (unpaired) electrons. The van der Waals surface area contributed by atoms with Crippen LogP contribution in [-0.4, -0.2) is 47.0 Å². The van der Waals surface area contributed by atoms with Gasteiger partial charge < -0.3 is 19.9 Å². The molecule has 1 fully saturated rings. The van der Waals surface area contributed by atoms with Crippen LogP contribution in [0.2, 0.25) is 0 Å². The van der Waals surface area contributed by atoms with Crippen LogP contribution in [0.25, 0.3) is 0 Å². The Kier molecular flexibility index (Phi) is 4.85. The molecule has 6 heteroatoms. The normalized spacial score (nSPS) is 16.1. The summed E-state index contributed by atoms with van der Waals surface area (Å²) in [5.74, 6) is 0.650. The van der Waals surface area contributed by atoms with Gasteiger partial charge in [0.25, 0.3) is 5.91 Å². The summed E-state index contributed by atoms with van der Waals surface area (Å²) in [5.41, 5.74) is 2.92. The first-order valence-electron chi connectivity index (χ1n) is 8.30. The van der Waals surface area contributed by atoms with Crippen molar-refractivity contribution in [3.63, 3.8) is 0 Å². The third-order valence-electron chi connectivity index (χ3n) is 4.46. The lowest BCUT2D eigenvalue weighted by Crippen LogP contribution is -2.35. The van der Waals surface area contributed by atoms with Gasteiger partial charge in [-0.15, -0.1) is 0 Å². The Morgan fingerprint density at radius 2 is 2.08 bits per heavy atom. The summed E-state index contributed by atoms with van der Waals surface area (Å²) in [6.45, 7) is 5.93. The minimum absolute atomic E-state index is 0.208. The number of amides is 1. The number of hydrogen-bond donors (Lipinski definition) is 2. The van der Waals surface area contributed by atoms with Gasteiger partial charge in [-0.1, -0.05) is 0 Å². The highest BCUT2D eigenvalue weighted by molar-refractivity contribution is 6.04. The molecule has 0 aliphatic carbocycles. The summed E-state index contributed by atoms with van der Waals surface area (Å²) in [6.07, 6.45) is 3.89. The maximum Gasteiger partial charge on any atom is 0.276 e. The van der Waals surface area contributed by atoms with Crippen LogP contribution in [0.5, 0.6) is 5.75 Å². The fourth-order valence-electron chi connectivity index (χ4n) is 2.91. The monoisotopic (exact) mass is 328 g/mol. The van der Waals surface area contributed by atoms with Gasteiger partial charge in [-0.2, -0.15) is 0 Å². The lowest BCUT2D eigenvalue weighted by Gasteiger charge is -2.29. The molecule has 2 N–H and O–H groups in total. The van der Waals surface area contributed by atoms with Crippen molar-refractivity contribution in [3.05, 3.63) is 41.5 Å². The maximum absolute atomic E-state index is 12.3. The van der Waals surface area contributed by atoms with Gasteiger partial charge >= 0.3 is 0 Å². The quantitative estimate of drug-likeness (QED) is 0.905. The van der Waals surface area contributed by atoms with Crippen molar-refractivity contribution >= 4 is 11.6 Å². The molecule has 1 amide bonds. The molecule has 6 nitrogen and oxygen atoms in total. The Bertz CT molecular complexity index is 718. The Hall–Kier alpha value is -2.34. The molecule has 1 aromatic carbocycles. The molecule has 0 spiro atoms. The van der Waals surface area contributed by atoms with E-state index in [0.29, 0.717) is 5.69 Å². The van der Waals surface area contributed by atoms with Crippen molar-refractivity contribution in [1.82, 2.24) is 14.9 Å². The molecule has 128 valence electrons. The van der Waals surface area contributed by atoms with Crippen LogP contribution in [0, 0.1) is 13.8 Å². The number of nitrogens with one attached hydrogen (secondary N) is 2. The summed E-state index contributed by atoms with van der Waals surface area (Å²) in [4.78, 5) is 21.5. The average Bonchev–Trinajstić information content (AvgIpc) is 2.98. The number of benzene rings is 1. The second-order valence-electron chi connectivity index (χ2n) is 6.43. The minimum Gasteiger partial charge on any atom is -0.490 e. The maximum atomic E-state index is 12.3. The first-order chi connectivity index (χ1) is 11.5. The zero-order valence-electron chi connectivity index (χ0n) is 14.4. The van der Waals surface area contributed by atoms with Crippen LogP contribution in [-0.2, 0) is 0 Å². The van der Waals surface area contributed by atoms with E-state index in [1.165, 1.54) is 6.33 Å². The lowest BCUT2D eigenvalue weighted by atomic mass is 10.1.